The molecule has 1 aliphatic heterocycles. The zero-order chi connectivity index (χ0) is 19.2. The molecule has 1 N–H and O–H groups in total. The first-order valence-electron chi connectivity index (χ1n) is 9.25. The Balaban J connectivity index is 1.70. The SMILES string of the molecule is CCCCCOc1ccc(/C=C2/NC(=S)N(c3cccc(C)c3)C2=O)cc1. The summed E-state index contributed by atoms with van der Waals surface area (Å²) < 4.78 is 5.73. The molecule has 1 amide bonds. The van der Waals surface area contributed by atoms with Gasteiger partial charge in [-0.2, -0.15) is 0 Å². The van der Waals surface area contributed by atoms with Gasteiger partial charge in [-0.25, -0.2) is 0 Å². The molecule has 0 saturated carbocycles. The molecule has 0 aromatic heterocycles. The number of carbonyl (C=O) groups is 1. The average Bonchev–Trinajstić information content (AvgIpc) is 2.93. The monoisotopic (exact) mass is 380 g/mol. The fraction of sp³-hybridized carbons (Fsp3) is 0.273. The number of amides is 1. The Labute approximate surface area is 165 Å². The molecule has 0 radical (unpaired) electrons. The number of hydrogen-bond donors (Lipinski definition) is 1. The first-order valence-corrected chi connectivity index (χ1v) is 9.66. The van der Waals surface area contributed by atoms with Crippen LogP contribution in [0.2, 0.25) is 0 Å². The smallest absolute Gasteiger partial charge is 0.281 e. The van der Waals surface area contributed by atoms with Crippen molar-refractivity contribution in [3.63, 3.8) is 0 Å². The Bertz CT molecular complexity index is 859. The van der Waals surface area contributed by atoms with E-state index in [4.69, 9.17) is 17.0 Å². The minimum absolute atomic E-state index is 0.148. The van der Waals surface area contributed by atoms with Crippen LogP contribution in [0.1, 0.15) is 37.3 Å². The summed E-state index contributed by atoms with van der Waals surface area (Å²) in [5, 5.41) is 3.42. The van der Waals surface area contributed by atoms with E-state index < -0.39 is 0 Å². The van der Waals surface area contributed by atoms with E-state index in [0.717, 1.165) is 35.6 Å². The van der Waals surface area contributed by atoms with Crippen molar-refractivity contribution < 1.29 is 9.53 Å². The maximum Gasteiger partial charge on any atom is 0.281 e. The van der Waals surface area contributed by atoms with Crippen LogP contribution in [0.15, 0.2) is 54.2 Å². The van der Waals surface area contributed by atoms with Crippen LogP contribution in [-0.2, 0) is 4.79 Å². The van der Waals surface area contributed by atoms with E-state index >= 15 is 0 Å². The van der Waals surface area contributed by atoms with Gasteiger partial charge in [-0.1, -0.05) is 44.0 Å². The predicted octanol–water partition coefficient (Wildman–Crippen LogP) is 4.83. The largest absolute Gasteiger partial charge is 0.494 e. The molecule has 1 heterocycles. The lowest BCUT2D eigenvalue weighted by atomic mass is 10.1. The second-order valence-electron chi connectivity index (χ2n) is 6.59. The van der Waals surface area contributed by atoms with E-state index in [9.17, 15) is 4.79 Å². The van der Waals surface area contributed by atoms with Gasteiger partial charge in [0.25, 0.3) is 5.91 Å². The average molecular weight is 381 g/mol. The molecule has 1 aliphatic rings. The number of aryl methyl sites for hydroxylation is 1. The lowest BCUT2D eigenvalue weighted by Crippen LogP contribution is -2.30. The van der Waals surface area contributed by atoms with Gasteiger partial charge in [-0.15, -0.1) is 0 Å². The van der Waals surface area contributed by atoms with Crippen LogP contribution in [0.3, 0.4) is 0 Å². The van der Waals surface area contributed by atoms with Gasteiger partial charge in [0.2, 0.25) is 0 Å². The number of nitrogens with zero attached hydrogens (tertiary/aromatic N) is 1. The van der Waals surface area contributed by atoms with Crippen molar-refractivity contribution >= 4 is 35.0 Å². The molecule has 0 aliphatic carbocycles. The zero-order valence-corrected chi connectivity index (χ0v) is 16.5. The maximum absolute atomic E-state index is 12.8. The van der Waals surface area contributed by atoms with E-state index in [2.05, 4.69) is 12.2 Å². The molecule has 140 valence electrons. The number of thiocarbonyl (C=S) groups is 1. The lowest BCUT2D eigenvalue weighted by molar-refractivity contribution is -0.113. The van der Waals surface area contributed by atoms with Crippen LogP contribution in [0.5, 0.6) is 5.75 Å². The summed E-state index contributed by atoms with van der Waals surface area (Å²) >= 11 is 5.36. The number of hydrogen-bond acceptors (Lipinski definition) is 3. The molecule has 2 aromatic carbocycles. The van der Waals surface area contributed by atoms with Gasteiger partial charge in [0.15, 0.2) is 5.11 Å². The highest BCUT2D eigenvalue weighted by atomic mass is 32.1. The quantitative estimate of drug-likeness (QED) is 0.424. The summed E-state index contributed by atoms with van der Waals surface area (Å²) in [5.74, 6) is 0.696. The predicted molar refractivity (Wildman–Crippen MR) is 114 cm³/mol. The van der Waals surface area contributed by atoms with Crippen LogP contribution in [0.25, 0.3) is 6.08 Å². The van der Waals surface area contributed by atoms with Crippen molar-refractivity contribution in [3.8, 4) is 5.75 Å². The minimum atomic E-state index is -0.148. The summed E-state index contributed by atoms with van der Waals surface area (Å²) in [6, 6.07) is 15.5. The summed E-state index contributed by atoms with van der Waals surface area (Å²) in [7, 11) is 0. The summed E-state index contributed by atoms with van der Waals surface area (Å²) in [4.78, 5) is 14.3. The standard InChI is InChI=1S/C22H24N2O2S/c1-3-4-5-13-26-19-11-9-17(10-12-19)15-20-21(25)24(22(27)23-20)18-8-6-7-16(2)14-18/h6-12,14-15H,3-5,13H2,1-2H3,(H,23,27)/b20-15+. The topological polar surface area (TPSA) is 41.6 Å². The molecule has 0 atom stereocenters. The number of unbranched alkanes of at least 4 members (excludes halogenated alkanes) is 2. The van der Waals surface area contributed by atoms with E-state index in [0.29, 0.717) is 10.8 Å². The van der Waals surface area contributed by atoms with E-state index in [1.54, 1.807) is 0 Å². The van der Waals surface area contributed by atoms with Gasteiger partial charge < -0.3 is 10.1 Å². The van der Waals surface area contributed by atoms with Gasteiger partial charge in [0.05, 0.1) is 12.3 Å². The van der Waals surface area contributed by atoms with Crippen molar-refractivity contribution in [2.75, 3.05) is 11.5 Å². The molecule has 1 saturated heterocycles. The fourth-order valence-electron chi connectivity index (χ4n) is 2.91. The zero-order valence-electron chi connectivity index (χ0n) is 15.7. The number of ether oxygens (including phenoxy) is 1. The van der Waals surface area contributed by atoms with Crippen LogP contribution in [0.4, 0.5) is 5.69 Å². The van der Waals surface area contributed by atoms with Crippen LogP contribution >= 0.6 is 12.2 Å². The molecular formula is C22H24N2O2S. The van der Waals surface area contributed by atoms with Crippen molar-refractivity contribution in [1.29, 1.82) is 0 Å². The maximum atomic E-state index is 12.8. The Morgan fingerprint density at radius 3 is 2.63 bits per heavy atom. The lowest BCUT2D eigenvalue weighted by Gasteiger charge is -2.14. The van der Waals surface area contributed by atoms with Gasteiger partial charge in [-0.3, -0.25) is 9.69 Å². The summed E-state index contributed by atoms with van der Waals surface area (Å²) in [6.45, 7) is 4.89. The molecule has 0 unspecified atom stereocenters. The molecule has 5 heteroatoms. The number of carbonyl (C=O) groups excluding carboxylic acids is 1. The van der Waals surface area contributed by atoms with Crippen molar-refractivity contribution in [2.24, 2.45) is 0 Å². The molecule has 0 bridgehead atoms. The Kier molecular flexibility index (Phi) is 6.24. The third-order valence-electron chi connectivity index (χ3n) is 4.35. The van der Waals surface area contributed by atoms with Gasteiger partial charge >= 0.3 is 0 Å². The number of nitrogens with one attached hydrogen (secondary N) is 1. The normalized spacial score (nSPS) is 15.3. The second-order valence-corrected chi connectivity index (χ2v) is 6.98. The molecule has 0 spiro atoms. The van der Waals surface area contributed by atoms with Gasteiger partial charge in [0.1, 0.15) is 11.4 Å². The summed E-state index contributed by atoms with van der Waals surface area (Å²) in [6.07, 6.45) is 5.23. The van der Waals surface area contributed by atoms with Crippen LogP contribution < -0.4 is 15.0 Å². The Morgan fingerprint density at radius 2 is 1.93 bits per heavy atom. The first kappa shape index (κ1) is 19.1. The van der Waals surface area contributed by atoms with E-state index in [1.165, 1.54) is 17.7 Å². The highest BCUT2D eigenvalue weighted by Gasteiger charge is 2.31. The molecule has 27 heavy (non-hydrogen) atoms. The highest BCUT2D eigenvalue weighted by Crippen LogP contribution is 2.24. The second kappa shape index (κ2) is 8.82. The van der Waals surface area contributed by atoms with Gasteiger partial charge in [0, 0.05) is 0 Å². The number of rotatable bonds is 7. The highest BCUT2D eigenvalue weighted by molar-refractivity contribution is 7.80. The molecule has 3 rings (SSSR count). The minimum Gasteiger partial charge on any atom is -0.494 e. The Hall–Kier alpha value is -2.66. The van der Waals surface area contributed by atoms with Crippen molar-refractivity contribution in [2.45, 2.75) is 33.1 Å². The van der Waals surface area contributed by atoms with Gasteiger partial charge in [-0.05, 0) is 67.0 Å². The summed E-state index contributed by atoms with van der Waals surface area (Å²) in [5.41, 5.74) is 3.24. The third-order valence-corrected chi connectivity index (χ3v) is 4.63. The molecule has 1 fully saturated rings. The molecular weight excluding hydrogens is 356 g/mol. The number of benzene rings is 2. The molecule has 4 nitrogen and oxygen atoms in total. The van der Waals surface area contributed by atoms with Crippen molar-refractivity contribution in [3.05, 3.63) is 65.4 Å². The molecule has 2 aromatic rings. The van der Waals surface area contributed by atoms with E-state index in [1.807, 2.05) is 61.5 Å². The third kappa shape index (κ3) is 4.74. The fourth-order valence-corrected chi connectivity index (χ4v) is 3.20. The first-order chi connectivity index (χ1) is 13.1. The van der Waals surface area contributed by atoms with Crippen molar-refractivity contribution in [1.82, 2.24) is 5.32 Å². The van der Waals surface area contributed by atoms with Crippen LogP contribution in [0, 0.1) is 6.92 Å². The van der Waals surface area contributed by atoms with Crippen LogP contribution in [-0.4, -0.2) is 17.6 Å². The Morgan fingerprint density at radius 1 is 1.15 bits per heavy atom. The number of anilines is 1. The van der Waals surface area contributed by atoms with E-state index in [-0.39, 0.29) is 5.91 Å².